The second kappa shape index (κ2) is 6.18. The lowest BCUT2D eigenvalue weighted by atomic mass is 10.1. The lowest BCUT2D eigenvalue weighted by Crippen LogP contribution is -2.40. The summed E-state index contributed by atoms with van der Waals surface area (Å²) >= 11 is 0. The number of amides is 2. The van der Waals surface area contributed by atoms with Gasteiger partial charge < -0.3 is 15.3 Å². The molecule has 2 aliphatic rings. The Kier molecular flexibility index (Phi) is 3.86. The maximum absolute atomic E-state index is 12.8. The zero-order chi connectivity index (χ0) is 17.4. The van der Waals surface area contributed by atoms with Crippen molar-refractivity contribution in [2.45, 2.75) is 18.6 Å². The van der Waals surface area contributed by atoms with E-state index in [9.17, 15) is 14.7 Å². The highest BCUT2D eigenvalue weighted by Crippen LogP contribution is 2.30. The van der Waals surface area contributed by atoms with Crippen LogP contribution in [-0.4, -0.2) is 40.5 Å². The van der Waals surface area contributed by atoms with Gasteiger partial charge in [-0.1, -0.05) is 48.6 Å². The largest absolute Gasteiger partial charge is 0.391 e. The Morgan fingerprint density at radius 2 is 1.80 bits per heavy atom. The fourth-order valence-electron chi connectivity index (χ4n) is 3.37. The molecular weight excluding hydrogens is 316 g/mol. The summed E-state index contributed by atoms with van der Waals surface area (Å²) < 4.78 is 0. The van der Waals surface area contributed by atoms with Crippen LogP contribution in [-0.2, 0) is 4.79 Å². The third-order valence-electron chi connectivity index (χ3n) is 4.64. The van der Waals surface area contributed by atoms with Gasteiger partial charge in [0.05, 0.1) is 17.4 Å². The van der Waals surface area contributed by atoms with Crippen molar-refractivity contribution in [3.8, 4) is 0 Å². The van der Waals surface area contributed by atoms with Crippen LogP contribution in [0.3, 0.4) is 0 Å². The smallest absolute Gasteiger partial charge is 0.256 e. The van der Waals surface area contributed by atoms with Crippen molar-refractivity contribution in [3.05, 3.63) is 65.2 Å². The van der Waals surface area contributed by atoms with Gasteiger partial charge in [-0.15, -0.1) is 0 Å². The number of carbonyl (C=O) groups excluding carboxylic acids is 2. The van der Waals surface area contributed by atoms with Crippen LogP contribution in [0.5, 0.6) is 0 Å². The molecule has 0 saturated carbocycles. The third-order valence-corrected chi connectivity index (χ3v) is 4.64. The minimum absolute atomic E-state index is 0.195. The average Bonchev–Trinajstić information content (AvgIpc) is 2.99. The van der Waals surface area contributed by atoms with E-state index in [4.69, 9.17) is 0 Å². The number of carbonyl (C=O) groups is 2. The molecular formula is C20H18N2O3. The summed E-state index contributed by atoms with van der Waals surface area (Å²) in [6, 6.07) is 14.7. The van der Waals surface area contributed by atoms with Crippen LogP contribution in [0.2, 0.25) is 0 Å². The molecule has 2 N–H and O–H groups in total. The van der Waals surface area contributed by atoms with Crippen molar-refractivity contribution in [1.29, 1.82) is 0 Å². The Morgan fingerprint density at radius 3 is 2.60 bits per heavy atom. The first-order valence-electron chi connectivity index (χ1n) is 8.29. The molecule has 0 spiro atoms. The number of nitrogens with one attached hydrogen (secondary N) is 1. The third kappa shape index (κ3) is 2.94. The molecule has 2 heterocycles. The molecule has 2 aliphatic heterocycles. The van der Waals surface area contributed by atoms with E-state index < -0.39 is 12.1 Å². The van der Waals surface area contributed by atoms with Crippen LogP contribution in [0, 0.1) is 0 Å². The molecule has 126 valence electrons. The molecule has 0 aliphatic carbocycles. The summed E-state index contributed by atoms with van der Waals surface area (Å²) in [7, 11) is 0. The molecule has 2 unspecified atom stereocenters. The molecule has 0 bridgehead atoms. The van der Waals surface area contributed by atoms with E-state index >= 15 is 0 Å². The summed E-state index contributed by atoms with van der Waals surface area (Å²) in [5, 5.41) is 12.6. The lowest BCUT2D eigenvalue weighted by Gasteiger charge is -2.19. The number of aliphatic hydroxyl groups excluding tert-OH is 1. The minimum atomic E-state index is -0.651. The lowest BCUT2D eigenvalue weighted by molar-refractivity contribution is -0.119. The first-order chi connectivity index (χ1) is 12.1. The summed E-state index contributed by atoms with van der Waals surface area (Å²) in [6.45, 7) is 0.195. The molecule has 1 saturated heterocycles. The molecule has 25 heavy (non-hydrogen) atoms. The molecule has 2 aromatic carbocycles. The molecule has 2 amide bonds. The quantitative estimate of drug-likeness (QED) is 0.829. The molecule has 2 atom stereocenters. The van der Waals surface area contributed by atoms with Crippen LogP contribution < -0.4 is 5.32 Å². The van der Waals surface area contributed by atoms with Crippen molar-refractivity contribution in [2.24, 2.45) is 0 Å². The van der Waals surface area contributed by atoms with Gasteiger partial charge in [0, 0.05) is 13.0 Å². The van der Waals surface area contributed by atoms with Crippen LogP contribution in [0.1, 0.15) is 27.9 Å². The molecule has 4 rings (SSSR count). The topological polar surface area (TPSA) is 69.6 Å². The first kappa shape index (κ1) is 15.6. The highest BCUT2D eigenvalue weighted by Gasteiger charge is 2.42. The van der Waals surface area contributed by atoms with Gasteiger partial charge in [-0.2, -0.15) is 0 Å². The van der Waals surface area contributed by atoms with E-state index in [0.717, 1.165) is 11.1 Å². The van der Waals surface area contributed by atoms with Gasteiger partial charge in [0.1, 0.15) is 6.04 Å². The maximum atomic E-state index is 12.8. The summed E-state index contributed by atoms with van der Waals surface area (Å²) in [5.74, 6) is -0.457. The maximum Gasteiger partial charge on any atom is 0.256 e. The van der Waals surface area contributed by atoms with E-state index in [1.165, 1.54) is 4.90 Å². The zero-order valence-corrected chi connectivity index (χ0v) is 13.6. The number of nitrogens with zero attached hydrogens (tertiary/aromatic N) is 1. The number of fused-ring (bicyclic) bond motifs is 2. The van der Waals surface area contributed by atoms with Crippen LogP contribution in [0.4, 0.5) is 5.69 Å². The van der Waals surface area contributed by atoms with Crippen molar-refractivity contribution in [2.75, 3.05) is 11.9 Å². The molecule has 2 aromatic rings. The summed E-state index contributed by atoms with van der Waals surface area (Å²) in [5.41, 5.74) is 2.93. The average molecular weight is 334 g/mol. The van der Waals surface area contributed by atoms with Crippen molar-refractivity contribution in [3.63, 3.8) is 0 Å². The van der Waals surface area contributed by atoms with Gasteiger partial charge in [0.25, 0.3) is 5.91 Å². The Morgan fingerprint density at radius 1 is 1.04 bits per heavy atom. The van der Waals surface area contributed by atoms with Crippen molar-refractivity contribution < 1.29 is 14.7 Å². The number of hydrogen-bond donors (Lipinski definition) is 2. The Bertz CT molecular complexity index is 860. The number of benzene rings is 2. The van der Waals surface area contributed by atoms with Gasteiger partial charge in [0.2, 0.25) is 5.91 Å². The van der Waals surface area contributed by atoms with Crippen molar-refractivity contribution >= 4 is 29.7 Å². The highest BCUT2D eigenvalue weighted by molar-refractivity contribution is 6.10. The second-order valence-corrected chi connectivity index (χ2v) is 6.40. The van der Waals surface area contributed by atoms with E-state index in [-0.39, 0.29) is 24.8 Å². The number of hydrogen-bond acceptors (Lipinski definition) is 3. The van der Waals surface area contributed by atoms with E-state index in [2.05, 4.69) is 5.32 Å². The van der Waals surface area contributed by atoms with Crippen molar-refractivity contribution in [1.82, 2.24) is 4.90 Å². The van der Waals surface area contributed by atoms with Gasteiger partial charge in [0.15, 0.2) is 0 Å². The normalized spacial score (nSPS) is 22.5. The Hall–Kier alpha value is -2.92. The molecule has 1 fully saturated rings. The fourth-order valence-corrected chi connectivity index (χ4v) is 3.37. The predicted molar refractivity (Wildman–Crippen MR) is 95.9 cm³/mol. The minimum Gasteiger partial charge on any atom is -0.391 e. The highest BCUT2D eigenvalue weighted by atomic mass is 16.3. The van der Waals surface area contributed by atoms with E-state index in [1.807, 2.05) is 48.6 Å². The van der Waals surface area contributed by atoms with Gasteiger partial charge >= 0.3 is 0 Å². The van der Waals surface area contributed by atoms with Gasteiger partial charge in [-0.3, -0.25) is 9.59 Å². The number of anilines is 1. The number of rotatable bonds is 2. The number of aliphatic hydroxyl groups is 1. The van der Waals surface area contributed by atoms with Gasteiger partial charge in [-0.05, 0) is 23.3 Å². The van der Waals surface area contributed by atoms with E-state index in [1.54, 1.807) is 12.1 Å². The van der Waals surface area contributed by atoms with Crippen LogP contribution in [0.15, 0.2) is 48.5 Å². The molecule has 0 aromatic heterocycles. The molecule has 0 radical (unpaired) electrons. The summed E-state index contributed by atoms with van der Waals surface area (Å²) in [6.07, 6.45) is 3.55. The molecule has 5 nitrogen and oxygen atoms in total. The SMILES string of the molecule is O=C1Nc2ccc(C=Cc3ccccc3)cc2C(=O)N2CC(O)CC12. The zero-order valence-electron chi connectivity index (χ0n) is 13.6. The van der Waals surface area contributed by atoms with Gasteiger partial charge in [-0.25, -0.2) is 0 Å². The fraction of sp³-hybridized carbons (Fsp3) is 0.200. The van der Waals surface area contributed by atoms with Crippen LogP contribution >= 0.6 is 0 Å². The predicted octanol–water partition coefficient (Wildman–Crippen LogP) is 2.38. The second-order valence-electron chi connectivity index (χ2n) is 6.40. The standard InChI is InChI=1S/C20H18N2O3/c23-15-11-18-19(24)21-17-9-8-14(7-6-13-4-2-1-3-5-13)10-16(17)20(25)22(18)12-15/h1-10,15,18,23H,11-12H2,(H,21,24). The first-order valence-corrected chi connectivity index (χ1v) is 8.29. The molecule has 5 heteroatoms. The Labute approximate surface area is 145 Å². The summed E-state index contributed by atoms with van der Waals surface area (Å²) in [4.78, 5) is 26.6. The van der Waals surface area contributed by atoms with Crippen LogP contribution in [0.25, 0.3) is 12.2 Å². The van der Waals surface area contributed by atoms with E-state index in [0.29, 0.717) is 11.3 Å². The monoisotopic (exact) mass is 334 g/mol. The Balaban J connectivity index is 1.67.